The first-order valence-electron chi connectivity index (χ1n) is 10.3. The maximum atomic E-state index is 13.5. The molecule has 0 saturated carbocycles. The number of ether oxygens (including phenoxy) is 1. The van der Waals surface area contributed by atoms with Gasteiger partial charge in [-0.2, -0.15) is 5.10 Å². The van der Waals surface area contributed by atoms with Crippen molar-refractivity contribution in [3.05, 3.63) is 107 Å². The molecule has 0 spiro atoms. The predicted octanol–water partition coefficient (Wildman–Crippen LogP) is 4.80. The zero-order valence-corrected chi connectivity index (χ0v) is 18.4. The summed E-state index contributed by atoms with van der Waals surface area (Å²) in [6.45, 7) is 1.60. The molecule has 4 rings (SSSR count). The molecule has 172 valence electrons. The van der Waals surface area contributed by atoms with E-state index in [0.717, 1.165) is 18.1 Å². The lowest BCUT2D eigenvalue weighted by Crippen LogP contribution is -2.19. The number of benzene rings is 2. The van der Waals surface area contributed by atoms with Gasteiger partial charge in [0.2, 0.25) is 5.43 Å². The number of halogens is 2. The minimum Gasteiger partial charge on any atom is -0.494 e. The van der Waals surface area contributed by atoms with Crippen LogP contribution in [0.5, 0.6) is 5.75 Å². The molecule has 0 saturated heterocycles. The summed E-state index contributed by atoms with van der Waals surface area (Å²) in [6.07, 6.45) is 5.09. The molecule has 34 heavy (non-hydrogen) atoms. The lowest BCUT2D eigenvalue weighted by molar-refractivity contribution is 0.411. The van der Waals surface area contributed by atoms with E-state index >= 15 is 0 Å². The van der Waals surface area contributed by atoms with Gasteiger partial charge in [0.25, 0.3) is 0 Å². The van der Waals surface area contributed by atoms with Crippen LogP contribution in [0.3, 0.4) is 0 Å². The van der Waals surface area contributed by atoms with E-state index in [4.69, 9.17) is 10.1 Å². The normalized spacial score (nSPS) is 11.4. The van der Waals surface area contributed by atoms with Crippen LogP contribution in [0.15, 0.2) is 84.1 Å². The number of allylic oxidation sites excluding steroid dienone is 1. The second kappa shape index (κ2) is 9.53. The number of rotatable bonds is 7. The number of hydrogen-bond acceptors (Lipinski definition) is 5. The first-order valence-corrected chi connectivity index (χ1v) is 10.3. The molecule has 9 heteroatoms. The van der Waals surface area contributed by atoms with Crippen LogP contribution >= 0.6 is 0 Å². The Labute approximate surface area is 194 Å². The molecule has 7 nitrogen and oxygen atoms in total. The van der Waals surface area contributed by atoms with E-state index in [1.54, 1.807) is 25.1 Å². The average Bonchev–Trinajstić information content (AvgIpc) is 3.17. The Bertz CT molecular complexity index is 1420. The van der Waals surface area contributed by atoms with Crippen LogP contribution in [0.2, 0.25) is 0 Å². The Kier molecular flexibility index (Phi) is 6.35. The van der Waals surface area contributed by atoms with E-state index in [1.165, 1.54) is 34.7 Å². The fraction of sp³-hybridized carbons (Fsp3) is 0.0800. The number of nitrogens with one attached hydrogen (secondary N) is 2. The summed E-state index contributed by atoms with van der Waals surface area (Å²) in [5.74, 6) is -1.54. The van der Waals surface area contributed by atoms with E-state index < -0.39 is 11.6 Å². The summed E-state index contributed by atoms with van der Waals surface area (Å²) in [5.41, 5.74) is 2.11. The van der Waals surface area contributed by atoms with Crippen LogP contribution in [-0.2, 0) is 0 Å². The summed E-state index contributed by atoms with van der Waals surface area (Å²) in [4.78, 5) is 12.7. The van der Waals surface area contributed by atoms with E-state index in [0.29, 0.717) is 22.8 Å². The van der Waals surface area contributed by atoms with Gasteiger partial charge in [0, 0.05) is 47.8 Å². The average molecular weight is 461 g/mol. The highest BCUT2D eigenvalue weighted by Gasteiger charge is 2.15. The lowest BCUT2D eigenvalue weighted by atomic mass is 10.2. The van der Waals surface area contributed by atoms with E-state index in [1.807, 2.05) is 30.3 Å². The molecular formula is C25H21F2N5O2. The molecule has 2 aromatic heterocycles. The van der Waals surface area contributed by atoms with Crippen molar-refractivity contribution in [1.82, 2.24) is 14.3 Å². The topological polar surface area (TPSA) is 84.9 Å². The molecule has 2 aromatic carbocycles. The molecule has 0 aliphatic heterocycles. The molecule has 0 radical (unpaired) electrons. The first kappa shape index (κ1) is 22.7. The van der Waals surface area contributed by atoms with Crippen molar-refractivity contribution in [2.24, 2.45) is 0 Å². The smallest absolute Gasteiger partial charge is 0.209 e. The number of anilines is 1. The van der Waals surface area contributed by atoms with Gasteiger partial charge in [-0.25, -0.2) is 13.5 Å². The summed E-state index contributed by atoms with van der Waals surface area (Å²) >= 11 is 0. The van der Waals surface area contributed by atoms with Crippen molar-refractivity contribution < 1.29 is 13.5 Å². The molecule has 2 heterocycles. The summed E-state index contributed by atoms with van der Waals surface area (Å²) in [7, 11) is 1.46. The molecule has 0 fully saturated rings. The maximum absolute atomic E-state index is 13.5. The summed E-state index contributed by atoms with van der Waals surface area (Å²) in [6, 6.07) is 15.5. The highest BCUT2D eigenvalue weighted by atomic mass is 19.2. The Morgan fingerprint density at radius 3 is 2.44 bits per heavy atom. The third kappa shape index (κ3) is 4.78. The van der Waals surface area contributed by atoms with Crippen molar-refractivity contribution in [2.45, 2.75) is 6.92 Å². The fourth-order valence-electron chi connectivity index (χ4n) is 3.36. The Morgan fingerprint density at radius 2 is 1.79 bits per heavy atom. The van der Waals surface area contributed by atoms with Crippen molar-refractivity contribution in [3.8, 4) is 17.1 Å². The maximum Gasteiger partial charge on any atom is 0.209 e. The van der Waals surface area contributed by atoms with Crippen LogP contribution in [-0.4, -0.2) is 27.2 Å². The van der Waals surface area contributed by atoms with Crippen molar-refractivity contribution in [2.75, 3.05) is 12.4 Å². The van der Waals surface area contributed by atoms with E-state index in [9.17, 15) is 13.6 Å². The molecule has 2 N–H and O–H groups in total. The van der Waals surface area contributed by atoms with Gasteiger partial charge in [0.1, 0.15) is 11.4 Å². The Balaban J connectivity index is 1.77. The fourth-order valence-corrected chi connectivity index (χ4v) is 3.36. The minimum atomic E-state index is -0.957. The zero-order chi connectivity index (χ0) is 24.2. The number of para-hydroxylation sites is 1. The highest BCUT2D eigenvalue weighted by Crippen LogP contribution is 2.26. The molecule has 0 amide bonds. The van der Waals surface area contributed by atoms with Crippen LogP contribution < -0.4 is 15.5 Å². The zero-order valence-electron chi connectivity index (χ0n) is 18.4. The Morgan fingerprint density at radius 1 is 1.09 bits per heavy atom. The molecule has 0 bridgehead atoms. The predicted molar refractivity (Wildman–Crippen MR) is 127 cm³/mol. The van der Waals surface area contributed by atoms with Crippen molar-refractivity contribution in [1.29, 1.82) is 5.41 Å². The van der Waals surface area contributed by atoms with Gasteiger partial charge < -0.3 is 20.0 Å². The van der Waals surface area contributed by atoms with Crippen LogP contribution in [0.4, 0.5) is 14.5 Å². The Hall–Kier alpha value is -4.53. The van der Waals surface area contributed by atoms with Gasteiger partial charge in [0.05, 0.1) is 12.8 Å². The quantitative estimate of drug-likeness (QED) is 0.387. The first-order chi connectivity index (χ1) is 16.4. The largest absolute Gasteiger partial charge is 0.494 e. The molecular weight excluding hydrogens is 440 g/mol. The van der Waals surface area contributed by atoms with Crippen molar-refractivity contribution in [3.63, 3.8) is 0 Å². The van der Waals surface area contributed by atoms with Gasteiger partial charge in [-0.05, 0) is 37.3 Å². The highest BCUT2D eigenvalue weighted by molar-refractivity contribution is 5.98. The van der Waals surface area contributed by atoms with Gasteiger partial charge >= 0.3 is 0 Å². The third-order valence-electron chi connectivity index (χ3n) is 4.92. The minimum absolute atomic E-state index is 0.110. The molecule has 4 aromatic rings. The SMILES string of the molecule is COc1cc(-n2cc(F)c(F)c2)ccc1-n1ccc(=O)c(/C(=C/C(C)=N)Nc2ccccc2)n1. The van der Waals surface area contributed by atoms with Gasteiger partial charge in [0.15, 0.2) is 17.3 Å². The van der Waals surface area contributed by atoms with E-state index in [-0.39, 0.29) is 16.8 Å². The van der Waals surface area contributed by atoms with E-state index in [2.05, 4.69) is 10.4 Å². The van der Waals surface area contributed by atoms with Crippen LogP contribution in [0.25, 0.3) is 17.1 Å². The van der Waals surface area contributed by atoms with Gasteiger partial charge in [-0.3, -0.25) is 4.79 Å². The standard InChI is InChI=1S/C25H21F2N5O2/c1-16(28)12-21(29-17-6-4-3-5-7-17)25-23(33)10-11-32(30-25)22-9-8-18(13-24(22)34-2)31-14-19(26)20(27)15-31/h3-15,28-29H,1-2H3/b21-12-,28-16?. The number of aromatic nitrogens is 3. The molecule has 0 aliphatic rings. The third-order valence-corrected chi connectivity index (χ3v) is 4.92. The number of nitrogens with zero attached hydrogens (tertiary/aromatic N) is 3. The number of hydrogen-bond donors (Lipinski definition) is 2. The monoisotopic (exact) mass is 461 g/mol. The van der Waals surface area contributed by atoms with Gasteiger partial charge in [-0.15, -0.1) is 0 Å². The number of methoxy groups -OCH3 is 1. The van der Waals surface area contributed by atoms with Crippen LogP contribution in [0, 0.1) is 17.0 Å². The molecule has 0 aliphatic carbocycles. The summed E-state index contributed by atoms with van der Waals surface area (Å²) in [5, 5.41) is 15.5. The van der Waals surface area contributed by atoms with Crippen LogP contribution in [0.1, 0.15) is 12.6 Å². The van der Waals surface area contributed by atoms with Crippen molar-refractivity contribution >= 4 is 17.1 Å². The second-order valence-electron chi connectivity index (χ2n) is 7.42. The second-order valence-corrected chi connectivity index (χ2v) is 7.42. The molecule has 0 unspecified atom stereocenters. The molecule has 0 atom stereocenters. The van der Waals surface area contributed by atoms with Gasteiger partial charge in [-0.1, -0.05) is 18.2 Å². The summed E-state index contributed by atoms with van der Waals surface area (Å²) < 4.78 is 35.2. The lowest BCUT2D eigenvalue weighted by Gasteiger charge is -2.15.